The number of amides is 5. The van der Waals surface area contributed by atoms with E-state index in [2.05, 4.69) is 16.0 Å². The third-order valence-electron chi connectivity index (χ3n) is 6.24. The van der Waals surface area contributed by atoms with Gasteiger partial charge < -0.3 is 20.4 Å². The summed E-state index contributed by atoms with van der Waals surface area (Å²) in [5, 5.41) is 8.50. The summed E-state index contributed by atoms with van der Waals surface area (Å²) in [6, 6.07) is 7.99. The zero-order valence-corrected chi connectivity index (χ0v) is 20.7. The van der Waals surface area contributed by atoms with Gasteiger partial charge in [-0.05, 0) is 67.9 Å². The Kier molecular flexibility index (Phi) is 7.09. The average molecular weight is 498 g/mol. The Bertz CT molecular complexity index is 1210. The molecule has 2 aliphatic rings. The molecule has 2 heterocycles. The lowest BCUT2D eigenvalue weighted by molar-refractivity contribution is -0.136. The number of carbonyl (C=O) groups is 4. The molecule has 0 aromatic heterocycles. The molecule has 10 heteroatoms. The van der Waals surface area contributed by atoms with Crippen LogP contribution >= 0.6 is 11.6 Å². The Morgan fingerprint density at radius 2 is 1.97 bits per heavy atom. The van der Waals surface area contributed by atoms with Crippen LogP contribution in [0.4, 0.5) is 10.5 Å². The van der Waals surface area contributed by atoms with E-state index in [0.717, 1.165) is 22.3 Å². The number of fused-ring (bicyclic) bond motifs is 1. The summed E-state index contributed by atoms with van der Waals surface area (Å²) in [7, 11) is 3.93. The first-order valence-corrected chi connectivity index (χ1v) is 11.7. The van der Waals surface area contributed by atoms with Crippen LogP contribution in [-0.4, -0.2) is 53.7 Å². The highest BCUT2D eigenvalue weighted by molar-refractivity contribution is 6.31. The van der Waals surface area contributed by atoms with Crippen LogP contribution in [0.15, 0.2) is 30.3 Å². The Hall–Kier alpha value is -3.43. The van der Waals surface area contributed by atoms with Crippen LogP contribution in [0.25, 0.3) is 0 Å². The summed E-state index contributed by atoms with van der Waals surface area (Å²) in [5.41, 5.74) is 4.67. The van der Waals surface area contributed by atoms with Crippen LogP contribution in [0.1, 0.15) is 45.5 Å². The van der Waals surface area contributed by atoms with Gasteiger partial charge in [-0.1, -0.05) is 23.7 Å². The lowest BCUT2D eigenvalue weighted by Crippen LogP contribution is -2.52. The van der Waals surface area contributed by atoms with E-state index in [1.807, 2.05) is 44.1 Å². The van der Waals surface area contributed by atoms with Gasteiger partial charge in [0.2, 0.25) is 11.8 Å². The molecule has 0 radical (unpaired) electrons. The first kappa shape index (κ1) is 24.7. The fourth-order valence-electron chi connectivity index (χ4n) is 4.38. The van der Waals surface area contributed by atoms with Crippen molar-refractivity contribution >= 4 is 41.0 Å². The predicted octanol–water partition coefficient (Wildman–Crippen LogP) is 2.79. The zero-order chi connectivity index (χ0) is 25.3. The van der Waals surface area contributed by atoms with Gasteiger partial charge in [-0.15, -0.1) is 0 Å². The topological polar surface area (TPSA) is 111 Å². The minimum absolute atomic E-state index is 0.212. The third kappa shape index (κ3) is 5.47. The Balaban J connectivity index is 1.38. The van der Waals surface area contributed by atoms with Gasteiger partial charge in [-0.3, -0.25) is 19.7 Å². The van der Waals surface area contributed by atoms with Gasteiger partial charge in [0, 0.05) is 42.3 Å². The number of carbonyl (C=O) groups excluding carboxylic acids is 4. The molecule has 0 spiro atoms. The van der Waals surface area contributed by atoms with E-state index in [4.69, 9.17) is 11.6 Å². The zero-order valence-electron chi connectivity index (χ0n) is 19.9. The van der Waals surface area contributed by atoms with E-state index in [9.17, 15) is 19.2 Å². The molecule has 9 nitrogen and oxygen atoms in total. The van der Waals surface area contributed by atoms with E-state index >= 15 is 0 Å². The van der Waals surface area contributed by atoms with Gasteiger partial charge in [0.25, 0.3) is 5.91 Å². The number of benzene rings is 2. The van der Waals surface area contributed by atoms with E-state index in [0.29, 0.717) is 35.8 Å². The first-order valence-electron chi connectivity index (χ1n) is 11.4. The second-order valence-electron chi connectivity index (χ2n) is 9.18. The van der Waals surface area contributed by atoms with E-state index < -0.39 is 18.0 Å². The average Bonchev–Trinajstić information content (AvgIpc) is 3.11. The standard InChI is InChI=1S/C25H28ClN5O4/c1-14-17(12-30(2)3)9-18(10-20(14)26)28-25(35)27-11-15-4-5-16-13-31(24(34)19(16)8-15)21-6-7-22(32)29-23(21)33/h4-5,8-10,21H,6-7,11-13H2,1-3H3,(H2,27,28,35)(H,29,32,33). The smallest absolute Gasteiger partial charge is 0.319 e. The minimum Gasteiger partial charge on any atom is -0.334 e. The van der Waals surface area contributed by atoms with Crippen molar-refractivity contribution in [3.8, 4) is 0 Å². The second-order valence-corrected chi connectivity index (χ2v) is 9.59. The molecule has 2 aromatic rings. The number of urea groups is 1. The van der Waals surface area contributed by atoms with E-state index in [1.54, 1.807) is 12.1 Å². The van der Waals surface area contributed by atoms with Crippen LogP contribution in [0.2, 0.25) is 5.02 Å². The molecule has 4 rings (SSSR count). The van der Waals surface area contributed by atoms with Crippen molar-refractivity contribution in [2.45, 2.75) is 45.4 Å². The molecule has 1 unspecified atom stereocenters. The maximum atomic E-state index is 13.0. The molecule has 0 saturated carbocycles. The van der Waals surface area contributed by atoms with Gasteiger partial charge in [0.15, 0.2) is 0 Å². The quantitative estimate of drug-likeness (QED) is 0.531. The minimum atomic E-state index is -0.654. The van der Waals surface area contributed by atoms with Crippen LogP contribution in [0, 0.1) is 6.92 Å². The summed E-state index contributed by atoms with van der Waals surface area (Å²) >= 11 is 6.34. The molecule has 0 bridgehead atoms. The van der Waals surface area contributed by atoms with Gasteiger partial charge in [0.1, 0.15) is 6.04 Å². The van der Waals surface area contributed by atoms with Crippen LogP contribution in [0.5, 0.6) is 0 Å². The molecule has 0 aliphatic carbocycles. The Labute approximate surface area is 208 Å². The highest BCUT2D eigenvalue weighted by atomic mass is 35.5. The number of hydrogen-bond donors (Lipinski definition) is 3. The molecule has 2 aliphatic heterocycles. The van der Waals surface area contributed by atoms with Crippen molar-refractivity contribution in [1.82, 2.24) is 20.4 Å². The van der Waals surface area contributed by atoms with Gasteiger partial charge in [-0.2, -0.15) is 0 Å². The summed E-state index contributed by atoms with van der Waals surface area (Å²) < 4.78 is 0. The first-order chi connectivity index (χ1) is 16.6. The highest BCUT2D eigenvalue weighted by Gasteiger charge is 2.39. The molecule has 1 saturated heterocycles. The van der Waals surface area contributed by atoms with Gasteiger partial charge in [-0.25, -0.2) is 4.79 Å². The summed E-state index contributed by atoms with van der Waals surface area (Å²) in [6.45, 7) is 3.18. The lowest BCUT2D eigenvalue weighted by atomic mass is 10.0. The number of nitrogens with one attached hydrogen (secondary N) is 3. The SMILES string of the molecule is Cc1c(Cl)cc(NC(=O)NCc2ccc3c(c2)C(=O)N(C2CCC(=O)NC2=O)C3)cc1CN(C)C. The third-order valence-corrected chi connectivity index (χ3v) is 6.63. The van der Waals surface area contributed by atoms with Crippen molar-refractivity contribution in [2.75, 3.05) is 19.4 Å². The highest BCUT2D eigenvalue weighted by Crippen LogP contribution is 2.28. The lowest BCUT2D eigenvalue weighted by Gasteiger charge is -2.29. The maximum Gasteiger partial charge on any atom is 0.319 e. The number of rotatable bonds is 6. The number of nitrogens with zero attached hydrogens (tertiary/aromatic N) is 2. The maximum absolute atomic E-state index is 13.0. The summed E-state index contributed by atoms with van der Waals surface area (Å²) in [6.07, 6.45) is 0.530. The summed E-state index contributed by atoms with van der Waals surface area (Å²) in [4.78, 5) is 52.6. The number of halogens is 1. The fourth-order valence-corrected chi connectivity index (χ4v) is 4.62. The van der Waals surface area contributed by atoms with Crippen LogP contribution in [0.3, 0.4) is 0 Å². The molecule has 1 atom stereocenters. The van der Waals surface area contributed by atoms with Crippen LogP contribution < -0.4 is 16.0 Å². The molecule has 184 valence electrons. The molecule has 35 heavy (non-hydrogen) atoms. The van der Waals surface area contributed by atoms with Gasteiger partial charge >= 0.3 is 6.03 Å². The van der Waals surface area contributed by atoms with E-state index in [-0.39, 0.29) is 24.8 Å². The second kappa shape index (κ2) is 10.1. The Morgan fingerprint density at radius 1 is 1.20 bits per heavy atom. The van der Waals surface area contributed by atoms with E-state index in [1.165, 1.54) is 4.90 Å². The molecule has 1 fully saturated rings. The van der Waals surface area contributed by atoms with Crippen molar-refractivity contribution in [2.24, 2.45) is 0 Å². The molecule has 2 aromatic carbocycles. The number of hydrogen-bond acceptors (Lipinski definition) is 5. The van der Waals surface area contributed by atoms with Gasteiger partial charge in [0.05, 0.1) is 0 Å². The van der Waals surface area contributed by atoms with Crippen molar-refractivity contribution in [1.29, 1.82) is 0 Å². The summed E-state index contributed by atoms with van der Waals surface area (Å²) in [5.74, 6) is -1.00. The molecule has 5 amide bonds. The molecule has 3 N–H and O–H groups in total. The number of anilines is 1. The number of piperidine rings is 1. The molecular weight excluding hydrogens is 470 g/mol. The van der Waals surface area contributed by atoms with Crippen molar-refractivity contribution < 1.29 is 19.2 Å². The largest absolute Gasteiger partial charge is 0.334 e. The monoisotopic (exact) mass is 497 g/mol. The predicted molar refractivity (Wildman–Crippen MR) is 132 cm³/mol. The van der Waals surface area contributed by atoms with Crippen molar-refractivity contribution in [3.63, 3.8) is 0 Å². The Morgan fingerprint density at radius 3 is 2.69 bits per heavy atom. The fraction of sp³-hybridized carbons (Fsp3) is 0.360. The normalized spacial score (nSPS) is 17.5. The molecular formula is C25H28ClN5O4. The van der Waals surface area contributed by atoms with Crippen LogP contribution in [-0.2, 0) is 29.2 Å². The number of imide groups is 1. The van der Waals surface area contributed by atoms with Crippen molar-refractivity contribution in [3.05, 3.63) is 63.2 Å².